The molecule has 0 aliphatic heterocycles. The van der Waals surface area contributed by atoms with Crippen LogP contribution >= 0.6 is 0 Å². The summed E-state index contributed by atoms with van der Waals surface area (Å²) in [6.07, 6.45) is 5.18. The van der Waals surface area contributed by atoms with Crippen molar-refractivity contribution in [3.8, 4) is 0 Å². The maximum atomic E-state index is 11.8. The van der Waals surface area contributed by atoms with Crippen LogP contribution in [0.2, 0.25) is 0 Å². The van der Waals surface area contributed by atoms with Crippen molar-refractivity contribution in [1.29, 1.82) is 0 Å². The molecule has 82 valence electrons. The number of carbonyl (C=O) groups is 1. The van der Waals surface area contributed by atoms with Gasteiger partial charge in [0.15, 0.2) is 5.78 Å². The Labute approximate surface area is 91.3 Å². The molecule has 2 atom stereocenters. The second-order valence-electron chi connectivity index (χ2n) is 4.16. The third-order valence-corrected chi connectivity index (χ3v) is 3.45. The predicted octanol–water partition coefficient (Wildman–Crippen LogP) is 2.87. The fraction of sp³-hybridized carbons (Fsp3) is 0.462. The molecule has 0 fully saturated rings. The molecule has 2 heteroatoms. The molecule has 15 heavy (non-hydrogen) atoms. The van der Waals surface area contributed by atoms with Crippen LogP contribution in [0.25, 0.3) is 0 Å². The molecule has 0 bridgehead atoms. The van der Waals surface area contributed by atoms with Crippen LogP contribution in [-0.2, 0) is 9.53 Å². The Kier molecular flexibility index (Phi) is 3.18. The summed E-state index contributed by atoms with van der Waals surface area (Å²) in [7, 11) is 1.65. The predicted molar refractivity (Wildman–Crippen MR) is 61.3 cm³/mol. The summed E-state index contributed by atoms with van der Waals surface area (Å²) in [6, 6.07) is 0. The topological polar surface area (TPSA) is 26.3 Å². The number of hydrogen-bond donors (Lipinski definition) is 0. The molecular weight excluding hydrogens is 188 g/mol. The lowest BCUT2D eigenvalue weighted by Crippen LogP contribution is -2.34. The first-order valence-corrected chi connectivity index (χ1v) is 5.08. The van der Waals surface area contributed by atoms with Crippen molar-refractivity contribution in [3.05, 3.63) is 36.1 Å². The molecule has 1 aliphatic rings. The maximum absolute atomic E-state index is 11.8. The van der Waals surface area contributed by atoms with Crippen molar-refractivity contribution in [1.82, 2.24) is 0 Å². The highest BCUT2D eigenvalue weighted by atomic mass is 16.5. The van der Waals surface area contributed by atoms with Crippen molar-refractivity contribution in [3.63, 3.8) is 0 Å². The fourth-order valence-corrected chi connectivity index (χ4v) is 1.93. The fourth-order valence-electron chi connectivity index (χ4n) is 1.93. The summed E-state index contributed by atoms with van der Waals surface area (Å²) in [5.41, 5.74) is 0.631. The average Bonchev–Trinajstić information content (AvgIpc) is 2.25. The van der Waals surface area contributed by atoms with Gasteiger partial charge in [-0.2, -0.15) is 0 Å². The van der Waals surface area contributed by atoms with Gasteiger partial charge in [-0.1, -0.05) is 19.6 Å². The molecule has 0 radical (unpaired) electrons. The Morgan fingerprint density at radius 2 is 2.27 bits per heavy atom. The SMILES string of the molecule is C=CC(=O)C1(C)C=CC(OC)=C(C)C1C. The van der Waals surface area contributed by atoms with E-state index < -0.39 is 5.41 Å². The molecule has 2 nitrogen and oxygen atoms in total. The number of allylic oxidation sites excluding steroid dienone is 4. The molecule has 0 amide bonds. The molecule has 0 saturated heterocycles. The Balaban J connectivity index is 3.13. The Morgan fingerprint density at radius 1 is 1.67 bits per heavy atom. The molecule has 0 aromatic rings. The van der Waals surface area contributed by atoms with Gasteiger partial charge in [0, 0.05) is 0 Å². The Morgan fingerprint density at radius 3 is 2.73 bits per heavy atom. The summed E-state index contributed by atoms with van der Waals surface area (Å²) < 4.78 is 5.24. The van der Waals surface area contributed by atoms with E-state index in [-0.39, 0.29) is 11.7 Å². The van der Waals surface area contributed by atoms with Gasteiger partial charge < -0.3 is 4.74 Å². The number of rotatable bonds is 3. The number of methoxy groups -OCH3 is 1. The van der Waals surface area contributed by atoms with Crippen LogP contribution in [0.1, 0.15) is 20.8 Å². The van der Waals surface area contributed by atoms with Gasteiger partial charge in [0.1, 0.15) is 5.76 Å². The zero-order valence-electron chi connectivity index (χ0n) is 9.83. The lowest BCUT2D eigenvalue weighted by molar-refractivity contribution is -0.122. The lowest BCUT2D eigenvalue weighted by atomic mass is 9.69. The van der Waals surface area contributed by atoms with E-state index in [0.717, 1.165) is 11.3 Å². The molecule has 0 spiro atoms. The first-order chi connectivity index (χ1) is 6.97. The third kappa shape index (κ3) is 1.76. The van der Waals surface area contributed by atoms with Crippen molar-refractivity contribution >= 4 is 5.78 Å². The van der Waals surface area contributed by atoms with Crippen LogP contribution in [0.3, 0.4) is 0 Å². The van der Waals surface area contributed by atoms with E-state index >= 15 is 0 Å². The van der Waals surface area contributed by atoms with Crippen LogP contribution in [-0.4, -0.2) is 12.9 Å². The summed E-state index contributed by atoms with van der Waals surface area (Å²) >= 11 is 0. The van der Waals surface area contributed by atoms with Crippen LogP contribution in [0.15, 0.2) is 36.1 Å². The third-order valence-electron chi connectivity index (χ3n) is 3.45. The largest absolute Gasteiger partial charge is 0.497 e. The number of hydrogen-bond acceptors (Lipinski definition) is 2. The summed E-state index contributed by atoms with van der Waals surface area (Å²) in [4.78, 5) is 11.8. The molecular formula is C13H18O2. The molecule has 0 aromatic carbocycles. The Bertz CT molecular complexity index is 350. The average molecular weight is 206 g/mol. The molecule has 1 rings (SSSR count). The summed E-state index contributed by atoms with van der Waals surface area (Å²) in [5.74, 6) is 1.06. The maximum Gasteiger partial charge on any atom is 0.165 e. The van der Waals surface area contributed by atoms with E-state index in [0.29, 0.717) is 0 Å². The van der Waals surface area contributed by atoms with Crippen LogP contribution in [0.5, 0.6) is 0 Å². The van der Waals surface area contributed by atoms with E-state index in [4.69, 9.17) is 4.74 Å². The van der Waals surface area contributed by atoms with Gasteiger partial charge in [0.05, 0.1) is 12.5 Å². The van der Waals surface area contributed by atoms with E-state index in [1.165, 1.54) is 6.08 Å². The number of ketones is 1. The van der Waals surface area contributed by atoms with Crippen molar-refractivity contribution in [2.24, 2.45) is 11.3 Å². The highest BCUT2D eigenvalue weighted by molar-refractivity contribution is 5.96. The van der Waals surface area contributed by atoms with Gasteiger partial charge in [-0.05, 0) is 37.5 Å². The van der Waals surface area contributed by atoms with Crippen molar-refractivity contribution in [2.45, 2.75) is 20.8 Å². The second kappa shape index (κ2) is 4.05. The normalized spacial score (nSPS) is 30.3. The van der Waals surface area contributed by atoms with Crippen LogP contribution in [0.4, 0.5) is 0 Å². The van der Waals surface area contributed by atoms with Gasteiger partial charge in [-0.3, -0.25) is 4.79 Å². The van der Waals surface area contributed by atoms with E-state index in [9.17, 15) is 4.79 Å². The first kappa shape index (κ1) is 11.8. The van der Waals surface area contributed by atoms with Gasteiger partial charge in [0.25, 0.3) is 0 Å². The monoisotopic (exact) mass is 206 g/mol. The molecule has 2 unspecified atom stereocenters. The van der Waals surface area contributed by atoms with E-state index in [2.05, 4.69) is 6.58 Å². The van der Waals surface area contributed by atoms with Gasteiger partial charge in [-0.15, -0.1) is 0 Å². The van der Waals surface area contributed by atoms with Gasteiger partial charge in [-0.25, -0.2) is 0 Å². The standard InChI is InChI=1S/C13H18O2/c1-6-12(14)13(4)8-7-11(15-5)9(2)10(13)3/h6-8,10H,1H2,2-5H3. The molecule has 0 saturated carbocycles. The Hall–Kier alpha value is -1.31. The molecule has 1 aliphatic carbocycles. The van der Waals surface area contributed by atoms with Gasteiger partial charge in [0.2, 0.25) is 0 Å². The first-order valence-electron chi connectivity index (χ1n) is 5.08. The minimum absolute atomic E-state index is 0.0563. The van der Waals surface area contributed by atoms with Crippen molar-refractivity contribution in [2.75, 3.05) is 7.11 Å². The molecule has 0 heterocycles. The number of ether oxygens (including phenoxy) is 1. The van der Waals surface area contributed by atoms with Crippen molar-refractivity contribution < 1.29 is 9.53 Å². The van der Waals surface area contributed by atoms with E-state index in [1.807, 2.05) is 32.9 Å². The smallest absolute Gasteiger partial charge is 0.165 e. The van der Waals surface area contributed by atoms with Gasteiger partial charge >= 0.3 is 0 Å². The summed E-state index contributed by atoms with van der Waals surface area (Å²) in [5, 5.41) is 0. The second-order valence-corrected chi connectivity index (χ2v) is 4.16. The van der Waals surface area contributed by atoms with Crippen LogP contribution in [0, 0.1) is 11.3 Å². The minimum atomic E-state index is -0.478. The van der Waals surface area contributed by atoms with Crippen LogP contribution < -0.4 is 0 Å². The molecule has 0 aromatic heterocycles. The number of carbonyl (C=O) groups excluding carboxylic acids is 1. The quantitative estimate of drug-likeness (QED) is 0.664. The highest BCUT2D eigenvalue weighted by Crippen LogP contribution is 2.40. The highest BCUT2D eigenvalue weighted by Gasteiger charge is 2.38. The summed E-state index contributed by atoms with van der Waals surface area (Å²) in [6.45, 7) is 9.53. The lowest BCUT2D eigenvalue weighted by Gasteiger charge is -2.34. The minimum Gasteiger partial charge on any atom is -0.497 e. The van der Waals surface area contributed by atoms with E-state index in [1.54, 1.807) is 7.11 Å². The zero-order chi connectivity index (χ0) is 11.6. The zero-order valence-corrected chi connectivity index (χ0v) is 9.83. The molecule has 0 N–H and O–H groups in total.